The number of anilines is 1. The fourth-order valence-electron chi connectivity index (χ4n) is 1.20. The summed E-state index contributed by atoms with van der Waals surface area (Å²) in [5, 5.41) is 9.31. The van der Waals surface area contributed by atoms with Crippen LogP contribution in [0.15, 0.2) is 24.3 Å². The number of hydrogen-bond donors (Lipinski definition) is 0. The van der Waals surface area contributed by atoms with Gasteiger partial charge < -0.3 is 4.90 Å². The third-order valence-corrected chi connectivity index (χ3v) is 2.24. The number of benzene rings is 1. The fraction of sp³-hybridized carbons (Fsp3) is 0.222. The fourth-order valence-corrected chi connectivity index (χ4v) is 1.44. The molecule has 1 fully saturated rings. The van der Waals surface area contributed by atoms with Crippen LogP contribution in [0.1, 0.15) is 0 Å². The molecule has 3 heteroatoms. The maximum atomic E-state index is 8.59. The Morgan fingerprint density at radius 3 is 2.83 bits per heavy atom. The van der Waals surface area contributed by atoms with Crippen molar-refractivity contribution >= 4 is 17.3 Å². The zero-order chi connectivity index (χ0) is 8.55. The number of nitrogens with zero attached hydrogens (tertiary/aromatic N) is 2. The largest absolute Gasteiger partial charge is 0.350 e. The molecule has 0 amide bonds. The highest BCUT2D eigenvalue weighted by Gasteiger charge is 2.34. The minimum absolute atomic E-state index is 0.0323. The molecule has 2 rings (SSSR count). The second kappa shape index (κ2) is 2.69. The first-order chi connectivity index (χ1) is 5.83. The molecule has 1 aromatic carbocycles. The van der Waals surface area contributed by atoms with Crippen molar-refractivity contribution in [2.75, 3.05) is 11.4 Å². The van der Waals surface area contributed by atoms with Crippen LogP contribution in [0.3, 0.4) is 0 Å². The van der Waals surface area contributed by atoms with Gasteiger partial charge in [0.05, 0.1) is 23.3 Å². The van der Waals surface area contributed by atoms with E-state index < -0.39 is 0 Å². The summed E-state index contributed by atoms with van der Waals surface area (Å²) in [7, 11) is 0. The second-order valence-corrected chi connectivity index (χ2v) is 3.16. The van der Waals surface area contributed by atoms with Gasteiger partial charge in [-0.1, -0.05) is 23.7 Å². The number of halogens is 1. The van der Waals surface area contributed by atoms with Crippen molar-refractivity contribution < 1.29 is 0 Å². The summed E-state index contributed by atoms with van der Waals surface area (Å²) in [6.07, 6.45) is 0. The molecule has 1 heterocycles. The van der Waals surface area contributed by atoms with Crippen LogP contribution in [0.4, 0.5) is 5.69 Å². The first-order valence-electron chi connectivity index (χ1n) is 3.73. The van der Waals surface area contributed by atoms with E-state index in [1.54, 1.807) is 0 Å². The van der Waals surface area contributed by atoms with E-state index in [1.807, 2.05) is 29.2 Å². The quantitative estimate of drug-likeness (QED) is 0.616. The highest BCUT2D eigenvalue weighted by atomic mass is 35.5. The first kappa shape index (κ1) is 7.45. The maximum Gasteiger partial charge on any atom is 0.134 e. The van der Waals surface area contributed by atoms with E-state index in [1.165, 1.54) is 0 Å². The molecule has 1 aliphatic rings. The number of hydrogen-bond acceptors (Lipinski definition) is 2. The van der Waals surface area contributed by atoms with Crippen LogP contribution in [-0.2, 0) is 0 Å². The Morgan fingerprint density at radius 1 is 1.50 bits per heavy atom. The Morgan fingerprint density at radius 2 is 2.25 bits per heavy atom. The van der Waals surface area contributed by atoms with Crippen LogP contribution in [0, 0.1) is 11.3 Å². The highest BCUT2D eigenvalue weighted by Crippen LogP contribution is 2.33. The summed E-state index contributed by atoms with van der Waals surface area (Å²) in [5.74, 6) is 0. The van der Waals surface area contributed by atoms with Gasteiger partial charge in [0.25, 0.3) is 0 Å². The highest BCUT2D eigenvalue weighted by molar-refractivity contribution is 6.33. The Hall–Kier alpha value is -1.20. The Labute approximate surface area is 76.0 Å². The van der Waals surface area contributed by atoms with Gasteiger partial charge >= 0.3 is 0 Å². The van der Waals surface area contributed by atoms with Gasteiger partial charge in [-0.15, -0.1) is 0 Å². The third kappa shape index (κ3) is 1.13. The van der Waals surface area contributed by atoms with Crippen molar-refractivity contribution in [3.8, 4) is 6.07 Å². The van der Waals surface area contributed by atoms with Crippen LogP contribution in [0.5, 0.6) is 0 Å². The molecule has 0 unspecified atom stereocenters. The molecule has 0 bridgehead atoms. The van der Waals surface area contributed by atoms with E-state index in [0.717, 1.165) is 17.3 Å². The number of nitriles is 1. The molecular formula is C9H7ClN2. The summed E-state index contributed by atoms with van der Waals surface area (Å²) < 4.78 is 0. The average Bonchev–Trinajstić information content (AvgIpc) is 2.84. The first-order valence-corrected chi connectivity index (χ1v) is 4.11. The topological polar surface area (TPSA) is 26.8 Å². The van der Waals surface area contributed by atoms with Gasteiger partial charge in [0.15, 0.2) is 0 Å². The lowest BCUT2D eigenvalue weighted by molar-refractivity contribution is 1.26. The van der Waals surface area contributed by atoms with Crippen LogP contribution in [-0.4, -0.2) is 12.6 Å². The molecule has 2 nitrogen and oxygen atoms in total. The Balaban J connectivity index is 2.26. The van der Waals surface area contributed by atoms with Crippen molar-refractivity contribution in [3.63, 3.8) is 0 Å². The van der Waals surface area contributed by atoms with Gasteiger partial charge in [0.1, 0.15) is 6.04 Å². The van der Waals surface area contributed by atoms with E-state index in [2.05, 4.69) is 6.07 Å². The van der Waals surface area contributed by atoms with E-state index in [4.69, 9.17) is 16.9 Å². The summed E-state index contributed by atoms with van der Waals surface area (Å²) in [6, 6.07) is 9.79. The van der Waals surface area contributed by atoms with Gasteiger partial charge in [-0.2, -0.15) is 5.26 Å². The van der Waals surface area contributed by atoms with Crippen molar-refractivity contribution in [1.29, 1.82) is 5.26 Å². The molecule has 1 aromatic rings. The van der Waals surface area contributed by atoms with Crippen LogP contribution < -0.4 is 4.90 Å². The normalized spacial score (nSPS) is 20.3. The van der Waals surface area contributed by atoms with Gasteiger partial charge in [0, 0.05) is 0 Å². The molecule has 0 aliphatic carbocycles. The molecule has 1 aliphatic heterocycles. The Bertz CT molecular complexity index is 343. The molecular weight excluding hydrogens is 172 g/mol. The summed E-state index contributed by atoms with van der Waals surface area (Å²) >= 11 is 5.93. The Kier molecular flexibility index (Phi) is 1.67. The lowest BCUT2D eigenvalue weighted by Crippen LogP contribution is -1.96. The minimum Gasteiger partial charge on any atom is -0.350 e. The predicted molar refractivity (Wildman–Crippen MR) is 48.2 cm³/mol. The molecule has 0 N–H and O–H groups in total. The number of para-hydroxylation sites is 1. The summed E-state index contributed by atoms with van der Waals surface area (Å²) in [5.41, 5.74) is 0.964. The molecule has 0 spiro atoms. The third-order valence-electron chi connectivity index (χ3n) is 1.92. The second-order valence-electron chi connectivity index (χ2n) is 2.75. The lowest BCUT2D eigenvalue weighted by atomic mass is 10.3. The lowest BCUT2D eigenvalue weighted by Gasteiger charge is -2.03. The van der Waals surface area contributed by atoms with Gasteiger partial charge in [0.2, 0.25) is 0 Å². The SMILES string of the molecule is N#C[C@H]1CN1c1ccccc1Cl. The summed E-state index contributed by atoms with van der Waals surface area (Å²) in [6.45, 7) is 0.806. The molecule has 12 heavy (non-hydrogen) atoms. The van der Waals surface area contributed by atoms with Crippen molar-refractivity contribution in [2.45, 2.75) is 6.04 Å². The minimum atomic E-state index is 0.0323. The van der Waals surface area contributed by atoms with Gasteiger partial charge in [-0.05, 0) is 12.1 Å². The smallest absolute Gasteiger partial charge is 0.134 e. The van der Waals surface area contributed by atoms with E-state index in [9.17, 15) is 0 Å². The molecule has 1 atom stereocenters. The zero-order valence-corrected chi connectivity index (χ0v) is 7.12. The molecule has 60 valence electrons. The standard InChI is InChI=1S/C9H7ClN2/c10-8-3-1-2-4-9(8)12-6-7(12)5-11/h1-4,7H,6H2/t7-,12?/m0/s1. The molecule has 0 radical (unpaired) electrons. The predicted octanol–water partition coefficient (Wildman–Crippen LogP) is 2.05. The van der Waals surface area contributed by atoms with Crippen LogP contribution >= 0.6 is 11.6 Å². The van der Waals surface area contributed by atoms with E-state index in [0.29, 0.717) is 0 Å². The zero-order valence-electron chi connectivity index (χ0n) is 6.37. The van der Waals surface area contributed by atoms with Crippen LogP contribution in [0.25, 0.3) is 0 Å². The molecule has 0 saturated carbocycles. The van der Waals surface area contributed by atoms with Crippen LogP contribution in [0.2, 0.25) is 5.02 Å². The van der Waals surface area contributed by atoms with E-state index >= 15 is 0 Å². The maximum absolute atomic E-state index is 8.59. The van der Waals surface area contributed by atoms with Crippen molar-refractivity contribution in [2.24, 2.45) is 0 Å². The monoisotopic (exact) mass is 178 g/mol. The molecule has 0 aromatic heterocycles. The average molecular weight is 179 g/mol. The van der Waals surface area contributed by atoms with Crippen molar-refractivity contribution in [1.82, 2.24) is 0 Å². The molecule has 1 saturated heterocycles. The summed E-state index contributed by atoms with van der Waals surface area (Å²) in [4.78, 5) is 1.97. The van der Waals surface area contributed by atoms with Gasteiger partial charge in [-0.25, -0.2) is 0 Å². The number of rotatable bonds is 1. The van der Waals surface area contributed by atoms with Gasteiger partial charge in [-0.3, -0.25) is 0 Å². The van der Waals surface area contributed by atoms with E-state index in [-0.39, 0.29) is 6.04 Å². The van der Waals surface area contributed by atoms with Crippen molar-refractivity contribution in [3.05, 3.63) is 29.3 Å².